The molecule has 0 aromatic heterocycles. The molecule has 190 valence electrons. The highest BCUT2D eigenvalue weighted by Gasteiger charge is 2.55. The second-order valence-corrected chi connectivity index (χ2v) is 10.3. The summed E-state index contributed by atoms with van der Waals surface area (Å²) in [6.07, 6.45) is 0. The summed E-state index contributed by atoms with van der Waals surface area (Å²) in [5.41, 5.74) is 6.57. The molecule has 4 aromatic rings. The van der Waals surface area contributed by atoms with Crippen molar-refractivity contribution in [1.82, 2.24) is 0 Å². The fourth-order valence-electron chi connectivity index (χ4n) is 5.20. The fourth-order valence-corrected chi connectivity index (χ4v) is 5.20. The van der Waals surface area contributed by atoms with Crippen molar-refractivity contribution < 1.29 is 9.84 Å². The topological polar surface area (TPSA) is 39.2 Å². The maximum absolute atomic E-state index is 12.3. The molecule has 5 nitrogen and oxygen atoms in total. The Morgan fingerprint density at radius 3 is 1.22 bits per heavy atom. The van der Waals surface area contributed by atoms with Crippen molar-refractivity contribution in [3.05, 3.63) is 125 Å². The number of benzene rings is 4. The Morgan fingerprint density at radius 2 is 0.838 bits per heavy atom. The van der Waals surface area contributed by atoms with Crippen LogP contribution in [-0.4, -0.2) is 47.4 Å². The molecule has 0 fully saturated rings. The maximum Gasteiger partial charge on any atom is 0.221 e. The molecule has 1 aliphatic rings. The molecule has 0 radical (unpaired) electrons. The average molecular weight is 494 g/mol. The van der Waals surface area contributed by atoms with Gasteiger partial charge in [0.05, 0.1) is 0 Å². The molecule has 1 heterocycles. The van der Waals surface area contributed by atoms with E-state index in [0.717, 1.165) is 39.3 Å². The summed E-state index contributed by atoms with van der Waals surface area (Å²) in [5.74, 6) is -1.62. The van der Waals surface area contributed by atoms with Gasteiger partial charge in [-0.1, -0.05) is 60.7 Å². The lowest BCUT2D eigenvalue weighted by Crippen LogP contribution is -2.35. The van der Waals surface area contributed by atoms with Crippen LogP contribution in [0.2, 0.25) is 0 Å². The van der Waals surface area contributed by atoms with E-state index in [-0.39, 0.29) is 0 Å². The van der Waals surface area contributed by atoms with E-state index in [2.05, 4.69) is 64.4 Å². The molecule has 0 spiro atoms. The first-order valence-corrected chi connectivity index (χ1v) is 12.5. The van der Waals surface area contributed by atoms with Crippen molar-refractivity contribution >= 4 is 17.1 Å². The van der Waals surface area contributed by atoms with Gasteiger partial charge in [0.2, 0.25) is 5.79 Å². The van der Waals surface area contributed by atoms with Crippen molar-refractivity contribution in [2.75, 3.05) is 57.0 Å². The van der Waals surface area contributed by atoms with Crippen LogP contribution in [0, 0.1) is 0 Å². The number of hydrogen-bond acceptors (Lipinski definition) is 5. The summed E-state index contributed by atoms with van der Waals surface area (Å²) in [4.78, 5) is 6.20. The molecule has 37 heavy (non-hydrogen) atoms. The zero-order chi connectivity index (χ0) is 26.4. The van der Waals surface area contributed by atoms with Gasteiger partial charge in [0.1, 0.15) is 5.60 Å². The zero-order valence-electron chi connectivity index (χ0n) is 22.4. The van der Waals surface area contributed by atoms with Crippen LogP contribution in [0.25, 0.3) is 0 Å². The minimum Gasteiger partial charge on any atom is -0.378 e. The Balaban J connectivity index is 1.74. The van der Waals surface area contributed by atoms with Crippen molar-refractivity contribution in [3.63, 3.8) is 0 Å². The van der Waals surface area contributed by atoms with Crippen LogP contribution in [0.3, 0.4) is 0 Å². The fraction of sp³-hybridized carbons (Fsp3) is 0.250. The van der Waals surface area contributed by atoms with E-state index in [1.165, 1.54) is 0 Å². The molecule has 1 N–H and O–H groups in total. The van der Waals surface area contributed by atoms with Crippen molar-refractivity contribution in [2.24, 2.45) is 0 Å². The predicted octanol–water partition coefficient (Wildman–Crippen LogP) is 5.40. The Labute approximate surface area is 220 Å². The van der Waals surface area contributed by atoms with Gasteiger partial charge in [-0.25, -0.2) is 0 Å². The van der Waals surface area contributed by atoms with E-state index in [4.69, 9.17) is 4.74 Å². The highest BCUT2D eigenvalue weighted by Crippen LogP contribution is 2.55. The van der Waals surface area contributed by atoms with E-state index in [0.29, 0.717) is 5.56 Å². The van der Waals surface area contributed by atoms with Crippen LogP contribution in [0.1, 0.15) is 27.8 Å². The number of fused-ring (bicyclic) bond motifs is 1. The van der Waals surface area contributed by atoms with Gasteiger partial charge in [0.25, 0.3) is 0 Å². The van der Waals surface area contributed by atoms with E-state index >= 15 is 0 Å². The van der Waals surface area contributed by atoms with E-state index in [1.807, 2.05) is 89.7 Å². The van der Waals surface area contributed by atoms with Crippen LogP contribution in [0.15, 0.2) is 97.1 Å². The first-order valence-electron chi connectivity index (χ1n) is 12.5. The first kappa shape index (κ1) is 24.9. The number of anilines is 3. The van der Waals surface area contributed by atoms with E-state index in [9.17, 15) is 5.11 Å². The molecule has 4 aromatic carbocycles. The lowest BCUT2D eigenvalue weighted by molar-refractivity contribution is -0.208. The molecule has 0 saturated heterocycles. The number of rotatable bonds is 6. The molecular weight excluding hydrogens is 458 g/mol. The number of ether oxygens (including phenoxy) is 1. The van der Waals surface area contributed by atoms with Gasteiger partial charge in [0.15, 0.2) is 0 Å². The van der Waals surface area contributed by atoms with Crippen LogP contribution in [0.4, 0.5) is 17.1 Å². The first-order chi connectivity index (χ1) is 17.7. The summed E-state index contributed by atoms with van der Waals surface area (Å²) in [6, 6.07) is 32.7. The molecule has 5 heteroatoms. The standard InChI is InChI=1S/C32H35N3O2/c1-33(2)26-17-11-23(12-18-26)31(24-13-19-27(20-14-24)34(3)4)29-9-7-8-10-30(29)32(36,37-31)25-15-21-28(22-16-25)35(5)6/h7-22,36H,1-6H3. The van der Waals surface area contributed by atoms with Crippen molar-refractivity contribution in [2.45, 2.75) is 11.4 Å². The zero-order valence-corrected chi connectivity index (χ0v) is 22.4. The van der Waals surface area contributed by atoms with E-state index in [1.54, 1.807) is 0 Å². The highest BCUT2D eigenvalue weighted by atomic mass is 16.6. The lowest BCUT2D eigenvalue weighted by Gasteiger charge is -2.35. The minimum absolute atomic E-state index is 0.697. The SMILES string of the molecule is CN(C)c1ccc(C2(O)OC(c3ccc(N(C)C)cc3)(c3ccc(N(C)C)cc3)c3ccccc32)cc1. The van der Waals surface area contributed by atoms with Crippen molar-refractivity contribution in [1.29, 1.82) is 0 Å². The van der Waals surface area contributed by atoms with E-state index < -0.39 is 11.4 Å². The molecule has 0 bridgehead atoms. The van der Waals surface area contributed by atoms with Crippen LogP contribution >= 0.6 is 0 Å². The Bertz CT molecular complexity index is 1330. The molecular formula is C32H35N3O2. The third-order valence-electron chi connectivity index (χ3n) is 7.33. The van der Waals surface area contributed by atoms with Gasteiger partial charge < -0.3 is 24.5 Å². The Kier molecular flexibility index (Phi) is 6.22. The number of hydrogen-bond donors (Lipinski definition) is 1. The highest BCUT2D eigenvalue weighted by molar-refractivity contribution is 5.61. The van der Waals surface area contributed by atoms with Gasteiger partial charge in [-0.3, -0.25) is 0 Å². The van der Waals surface area contributed by atoms with Crippen LogP contribution < -0.4 is 14.7 Å². The van der Waals surface area contributed by atoms with Gasteiger partial charge >= 0.3 is 0 Å². The third kappa shape index (κ3) is 4.05. The Morgan fingerprint density at radius 1 is 0.486 bits per heavy atom. The largest absolute Gasteiger partial charge is 0.378 e. The molecule has 1 unspecified atom stereocenters. The quantitative estimate of drug-likeness (QED) is 0.389. The van der Waals surface area contributed by atoms with Crippen LogP contribution in [-0.2, 0) is 16.1 Å². The second kappa shape index (κ2) is 9.25. The number of aliphatic hydroxyl groups is 1. The van der Waals surface area contributed by atoms with Crippen molar-refractivity contribution in [3.8, 4) is 0 Å². The average Bonchev–Trinajstić information content (AvgIpc) is 3.19. The summed E-state index contributed by atoms with van der Waals surface area (Å²) >= 11 is 0. The molecule has 1 atom stereocenters. The molecule has 0 aliphatic carbocycles. The van der Waals surface area contributed by atoms with Gasteiger partial charge in [-0.05, 0) is 47.5 Å². The smallest absolute Gasteiger partial charge is 0.221 e. The predicted molar refractivity (Wildman–Crippen MR) is 153 cm³/mol. The summed E-state index contributed by atoms with van der Waals surface area (Å²) < 4.78 is 6.98. The second-order valence-electron chi connectivity index (χ2n) is 10.3. The Hall–Kier alpha value is -3.80. The molecule has 0 amide bonds. The van der Waals surface area contributed by atoms with Gasteiger partial charge in [-0.2, -0.15) is 0 Å². The molecule has 5 rings (SSSR count). The third-order valence-corrected chi connectivity index (χ3v) is 7.33. The normalized spacial score (nSPS) is 17.8. The summed E-state index contributed by atoms with van der Waals surface area (Å²) in [7, 11) is 12.1. The monoisotopic (exact) mass is 493 g/mol. The molecule has 0 saturated carbocycles. The lowest BCUT2D eigenvalue weighted by atomic mass is 9.79. The molecule has 1 aliphatic heterocycles. The van der Waals surface area contributed by atoms with Crippen LogP contribution in [0.5, 0.6) is 0 Å². The minimum atomic E-state index is -1.62. The summed E-state index contributed by atoms with van der Waals surface area (Å²) in [6.45, 7) is 0. The van der Waals surface area contributed by atoms with Gasteiger partial charge in [0, 0.05) is 76.0 Å². The number of nitrogens with zero attached hydrogens (tertiary/aromatic N) is 3. The van der Waals surface area contributed by atoms with Gasteiger partial charge in [-0.15, -0.1) is 0 Å². The summed E-state index contributed by atoms with van der Waals surface area (Å²) in [5, 5.41) is 12.3. The maximum atomic E-state index is 12.3.